The number of hydrogen-bond acceptors (Lipinski definition) is 7. The summed E-state index contributed by atoms with van der Waals surface area (Å²) in [5.74, 6) is 2.26. The number of fused-ring (bicyclic) bond motifs is 2. The van der Waals surface area contributed by atoms with Gasteiger partial charge < -0.3 is 14.2 Å². The van der Waals surface area contributed by atoms with Gasteiger partial charge in [-0.05, 0) is 28.5 Å². The van der Waals surface area contributed by atoms with Gasteiger partial charge in [-0.25, -0.2) is 0 Å². The molecule has 0 atom stereocenters. The van der Waals surface area contributed by atoms with E-state index < -0.39 is 0 Å². The van der Waals surface area contributed by atoms with Crippen molar-refractivity contribution in [3.05, 3.63) is 65.2 Å². The van der Waals surface area contributed by atoms with Crippen molar-refractivity contribution in [2.45, 2.75) is 6.42 Å². The Balaban J connectivity index is 1.56. The van der Waals surface area contributed by atoms with Crippen LogP contribution in [0.2, 0.25) is 0 Å². The molecule has 0 aliphatic rings. The lowest BCUT2D eigenvalue weighted by Gasteiger charge is -2.13. The molecular weight excluding hydrogens is 412 g/mol. The molecule has 0 aliphatic heterocycles. The second kappa shape index (κ2) is 7.88. The van der Waals surface area contributed by atoms with E-state index in [9.17, 15) is 0 Å². The summed E-state index contributed by atoms with van der Waals surface area (Å²) >= 11 is 1.53. The Kier molecular flexibility index (Phi) is 4.91. The normalized spacial score (nSPS) is 11.2. The molecule has 0 fully saturated rings. The van der Waals surface area contributed by atoms with E-state index in [1.54, 1.807) is 25.8 Å². The molecule has 0 aliphatic carbocycles. The van der Waals surface area contributed by atoms with E-state index in [-0.39, 0.29) is 0 Å². The smallest absolute Gasteiger partial charge is 0.234 e. The number of rotatable bonds is 6. The third kappa shape index (κ3) is 3.34. The molecule has 0 saturated heterocycles. The summed E-state index contributed by atoms with van der Waals surface area (Å²) in [7, 11) is 4.76. The molecule has 2 heterocycles. The summed E-state index contributed by atoms with van der Waals surface area (Å²) in [4.78, 5) is 0.735. The molecule has 5 aromatic rings. The van der Waals surface area contributed by atoms with Gasteiger partial charge in [0.25, 0.3) is 0 Å². The Hall–Kier alpha value is -3.65. The molecule has 7 nitrogen and oxygen atoms in total. The first kappa shape index (κ1) is 19.3. The molecule has 0 N–H and O–H groups in total. The van der Waals surface area contributed by atoms with Gasteiger partial charge in [0.05, 0.1) is 21.3 Å². The molecule has 5 rings (SSSR count). The number of ether oxygens (including phenoxy) is 3. The van der Waals surface area contributed by atoms with Crippen LogP contribution in [0, 0.1) is 0 Å². The number of methoxy groups -OCH3 is 3. The van der Waals surface area contributed by atoms with Crippen LogP contribution in [-0.4, -0.2) is 41.1 Å². The predicted molar refractivity (Wildman–Crippen MR) is 121 cm³/mol. The van der Waals surface area contributed by atoms with E-state index in [4.69, 9.17) is 19.3 Å². The van der Waals surface area contributed by atoms with Crippen LogP contribution >= 0.6 is 11.3 Å². The van der Waals surface area contributed by atoms with Gasteiger partial charge in [-0.2, -0.15) is 9.61 Å². The number of nitrogens with zero attached hydrogens (tertiary/aromatic N) is 4. The highest BCUT2D eigenvalue weighted by molar-refractivity contribution is 7.16. The van der Waals surface area contributed by atoms with E-state index in [1.807, 2.05) is 12.1 Å². The van der Waals surface area contributed by atoms with Crippen molar-refractivity contribution in [1.82, 2.24) is 19.8 Å². The topological polar surface area (TPSA) is 70.8 Å². The van der Waals surface area contributed by atoms with Crippen molar-refractivity contribution in [1.29, 1.82) is 0 Å². The van der Waals surface area contributed by atoms with Gasteiger partial charge in [0.2, 0.25) is 10.7 Å². The summed E-state index contributed by atoms with van der Waals surface area (Å²) in [5, 5.41) is 16.9. The summed E-state index contributed by atoms with van der Waals surface area (Å²) in [6.45, 7) is 0. The SMILES string of the molecule is COc1cc(-c2nnc3sc(Cc4cccc5ccccc45)nn23)cc(OC)c1OC. The first-order valence-electron chi connectivity index (χ1n) is 9.70. The van der Waals surface area contributed by atoms with Crippen molar-refractivity contribution >= 4 is 27.1 Å². The zero-order valence-electron chi connectivity index (χ0n) is 17.3. The van der Waals surface area contributed by atoms with Crippen molar-refractivity contribution in [3.63, 3.8) is 0 Å². The summed E-state index contributed by atoms with van der Waals surface area (Å²) in [5.41, 5.74) is 2.02. The fourth-order valence-corrected chi connectivity index (χ4v) is 4.58. The van der Waals surface area contributed by atoms with Crippen molar-refractivity contribution in [2.24, 2.45) is 0 Å². The molecule has 3 aromatic carbocycles. The van der Waals surface area contributed by atoms with Crippen LogP contribution < -0.4 is 14.2 Å². The Labute approximate surface area is 182 Å². The van der Waals surface area contributed by atoms with E-state index in [1.165, 1.54) is 27.7 Å². The Bertz CT molecular complexity index is 1360. The molecule has 0 bridgehead atoms. The molecule has 0 unspecified atom stereocenters. The molecule has 0 spiro atoms. The second-order valence-electron chi connectivity index (χ2n) is 6.94. The van der Waals surface area contributed by atoms with Crippen LogP contribution in [-0.2, 0) is 6.42 Å². The monoisotopic (exact) mass is 432 g/mol. The minimum absolute atomic E-state index is 0.532. The third-order valence-corrected chi connectivity index (χ3v) is 6.08. The maximum absolute atomic E-state index is 5.47. The Morgan fingerprint density at radius 1 is 0.871 bits per heavy atom. The zero-order chi connectivity index (χ0) is 21.4. The van der Waals surface area contributed by atoms with Crippen LogP contribution in [0.1, 0.15) is 10.6 Å². The quantitative estimate of drug-likeness (QED) is 0.390. The fourth-order valence-electron chi connectivity index (χ4n) is 3.73. The molecule has 0 saturated carbocycles. The molecular formula is C23H20N4O3S. The van der Waals surface area contributed by atoms with Gasteiger partial charge in [0.1, 0.15) is 5.01 Å². The largest absolute Gasteiger partial charge is 0.493 e. The summed E-state index contributed by atoms with van der Waals surface area (Å²) in [6, 6.07) is 18.4. The van der Waals surface area contributed by atoms with Gasteiger partial charge in [0, 0.05) is 12.0 Å². The van der Waals surface area contributed by atoms with Crippen LogP contribution in [0.4, 0.5) is 0 Å². The first-order chi connectivity index (χ1) is 15.2. The van der Waals surface area contributed by atoms with Crippen molar-refractivity contribution in [2.75, 3.05) is 21.3 Å². The van der Waals surface area contributed by atoms with Gasteiger partial charge in [-0.3, -0.25) is 0 Å². The average Bonchev–Trinajstić information content (AvgIpc) is 3.38. The molecule has 31 heavy (non-hydrogen) atoms. The number of benzene rings is 3. The lowest BCUT2D eigenvalue weighted by molar-refractivity contribution is 0.324. The predicted octanol–water partition coefficient (Wildman–Crippen LogP) is 4.62. The minimum Gasteiger partial charge on any atom is -0.493 e. The standard InChI is InChI=1S/C23H20N4O3S/c1-28-18-11-16(12-19(29-2)21(18)30-3)22-24-25-23-27(22)26-20(31-23)13-15-9-6-8-14-7-4-5-10-17(14)15/h4-12H,13H2,1-3H3. The van der Waals surface area contributed by atoms with E-state index in [0.29, 0.717) is 23.1 Å². The maximum Gasteiger partial charge on any atom is 0.234 e. The molecule has 156 valence electrons. The van der Waals surface area contributed by atoms with Crippen molar-refractivity contribution < 1.29 is 14.2 Å². The third-order valence-electron chi connectivity index (χ3n) is 5.18. The molecule has 8 heteroatoms. The second-order valence-corrected chi connectivity index (χ2v) is 7.98. The number of aromatic nitrogens is 4. The number of hydrogen-bond donors (Lipinski definition) is 0. The highest BCUT2D eigenvalue weighted by Crippen LogP contribution is 2.41. The van der Waals surface area contributed by atoms with Gasteiger partial charge in [0.15, 0.2) is 17.3 Å². The van der Waals surface area contributed by atoms with Crippen LogP contribution in [0.25, 0.3) is 27.1 Å². The lowest BCUT2D eigenvalue weighted by Crippen LogP contribution is -1.98. The molecule has 2 aromatic heterocycles. The van der Waals surface area contributed by atoms with Crippen LogP contribution in [0.5, 0.6) is 17.2 Å². The lowest BCUT2D eigenvalue weighted by atomic mass is 10.0. The van der Waals surface area contributed by atoms with Gasteiger partial charge >= 0.3 is 0 Å². The first-order valence-corrected chi connectivity index (χ1v) is 10.5. The molecule has 0 amide bonds. The maximum atomic E-state index is 5.47. The van der Waals surface area contributed by atoms with E-state index in [2.05, 4.69) is 52.7 Å². The van der Waals surface area contributed by atoms with Crippen LogP contribution in [0.3, 0.4) is 0 Å². The fraction of sp³-hybridized carbons (Fsp3) is 0.174. The zero-order valence-corrected chi connectivity index (χ0v) is 18.1. The van der Waals surface area contributed by atoms with Crippen LogP contribution in [0.15, 0.2) is 54.6 Å². The van der Waals surface area contributed by atoms with E-state index >= 15 is 0 Å². The van der Waals surface area contributed by atoms with Gasteiger partial charge in [-0.15, -0.1) is 10.2 Å². The minimum atomic E-state index is 0.532. The van der Waals surface area contributed by atoms with Crippen molar-refractivity contribution in [3.8, 4) is 28.6 Å². The molecule has 0 radical (unpaired) electrons. The highest BCUT2D eigenvalue weighted by atomic mass is 32.1. The Morgan fingerprint density at radius 3 is 2.35 bits per heavy atom. The van der Waals surface area contributed by atoms with Gasteiger partial charge in [-0.1, -0.05) is 53.8 Å². The summed E-state index contributed by atoms with van der Waals surface area (Å²) < 4.78 is 18.1. The van der Waals surface area contributed by atoms with E-state index in [0.717, 1.165) is 22.0 Å². The average molecular weight is 433 g/mol. The highest BCUT2D eigenvalue weighted by Gasteiger charge is 2.19. The summed E-state index contributed by atoms with van der Waals surface area (Å²) in [6.07, 6.45) is 0.726. The Morgan fingerprint density at radius 2 is 1.61 bits per heavy atom.